The molecule has 5 atom stereocenters. The lowest BCUT2D eigenvalue weighted by atomic mass is 9.65. The number of fused-ring (bicyclic) bond motifs is 5. The number of hydrogen-bond donors (Lipinski definition) is 3. The summed E-state index contributed by atoms with van der Waals surface area (Å²) >= 11 is 0. The predicted octanol–water partition coefficient (Wildman–Crippen LogP) is 4.80. The van der Waals surface area contributed by atoms with Gasteiger partial charge < -0.3 is 25.0 Å². The number of nitrogens with one attached hydrogen (secondary N) is 3. The van der Waals surface area contributed by atoms with Gasteiger partial charge in [-0.1, -0.05) is 36.6 Å². The normalized spacial score (nSPS) is 30.0. The molecule has 7 rings (SSSR count). The minimum absolute atomic E-state index is 0.0708. The molecular formula is C40H53N5O8S. The van der Waals surface area contributed by atoms with Crippen LogP contribution in [0.2, 0.25) is 0 Å². The molecule has 0 bridgehead atoms. The van der Waals surface area contributed by atoms with E-state index in [1.807, 2.05) is 38.1 Å². The van der Waals surface area contributed by atoms with E-state index in [0.717, 1.165) is 34.9 Å². The minimum Gasteiger partial charge on any atom is -0.483 e. The molecule has 1 aromatic carbocycles. The maximum absolute atomic E-state index is 14.7. The second kappa shape index (κ2) is 14.1. The molecule has 3 aliphatic heterocycles. The number of carbonyl (C=O) groups excluding carboxylic acids is 4. The number of pyridine rings is 1. The van der Waals surface area contributed by atoms with Crippen LogP contribution < -0.4 is 20.1 Å². The number of carbonyl (C=O) groups is 4. The third-order valence-corrected chi connectivity index (χ3v) is 14.4. The molecule has 2 aromatic rings. The highest BCUT2D eigenvalue weighted by Crippen LogP contribution is 2.47. The van der Waals surface area contributed by atoms with Gasteiger partial charge in [0.2, 0.25) is 21.8 Å². The van der Waals surface area contributed by atoms with E-state index in [1.54, 1.807) is 20.8 Å². The molecule has 3 fully saturated rings. The highest BCUT2D eigenvalue weighted by atomic mass is 32.2. The largest absolute Gasteiger partial charge is 0.483 e. The van der Waals surface area contributed by atoms with Crippen molar-refractivity contribution in [3.8, 4) is 5.75 Å². The van der Waals surface area contributed by atoms with Crippen LogP contribution in [0.5, 0.6) is 5.75 Å². The average Bonchev–Trinajstić information content (AvgIpc) is 3.77. The van der Waals surface area contributed by atoms with E-state index in [-0.39, 0.29) is 19.4 Å². The number of sulfonamides is 1. The molecule has 1 saturated heterocycles. The topological polar surface area (TPSA) is 173 Å². The van der Waals surface area contributed by atoms with Crippen LogP contribution in [-0.2, 0) is 35.6 Å². The van der Waals surface area contributed by atoms with Crippen LogP contribution in [0.15, 0.2) is 30.4 Å². The first-order valence-corrected chi connectivity index (χ1v) is 21.0. The Bertz CT molecular complexity index is 2010. The van der Waals surface area contributed by atoms with Crippen molar-refractivity contribution < 1.29 is 37.1 Å². The van der Waals surface area contributed by atoms with Crippen molar-refractivity contribution in [2.45, 2.75) is 146 Å². The molecule has 14 heteroatoms. The monoisotopic (exact) mass is 763 g/mol. The molecule has 4 heterocycles. The standard InChI is InChI=1S/C40H53N5O8S/c1-24(2)52-37(49)42-31-12-10-8-6-7-9-11-27-15-18-40(27,36(48)44-54(50,51)38(5)19-20-38)43-34(46)32-22-39(23-45(32)35(31)47)17-16-28-29-21-25(3)13-14-30(29)41-26(4)33(28)53-39/h9,11,13-14,21,24,27,31-32H,6-8,10,12,15-20,22-23H2,1-5H3,(H,42,49)(H,43,46)(H,44,48)/b11-9-/t27-,31+,32+,39-,40-/m1/s1. The maximum atomic E-state index is 14.7. The van der Waals surface area contributed by atoms with Crippen LogP contribution in [0.4, 0.5) is 4.79 Å². The lowest BCUT2D eigenvalue weighted by Gasteiger charge is -2.48. The van der Waals surface area contributed by atoms with Crippen LogP contribution in [0.3, 0.4) is 0 Å². The molecule has 0 radical (unpaired) electrons. The molecule has 54 heavy (non-hydrogen) atoms. The number of amides is 4. The zero-order valence-electron chi connectivity index (χ0n) is 32.0. The molecular weight excluding hydrogens is 711 g/mol. The van der Waals surface area contributed by atoms with Crippen LogP contribution in [0, 0.1) is 19.8 Å². The number of alkyl carbamates (subject to hydrolysis) is 1. The Hall–Kier alpha value is -4.20. The third kappa shape index (κ3) is 7.06. The van der Waals surface area contributed by atoms with E-state index >= 15 is 0 Å². The van der Waals surface area contributed by atoms with Crippen molar-refractivity contribution in [1.82, 2.24) is 25.2 Å². The highest BCUT2D eigenvalue weighted by Gasteiger charge is 2.59. The van der Waals surface area contributed by atoms with Crippen molar-refractivity contribution in [1.29, 1.82) is 0 Å². The summed E-state index contributed by atoms with van der Waals surface area (Å²) in [7, 11) is -3.99. The zero-order chi connectivity index (χ0) is 38.6. The first-order valence-electron chi connectivity index (χ1n) is 19.5. The fourth-order valence-corrected chi connectivity index (χ4v) is 9.88. The van der Waals surface area contributed by atoms with Crippen LogP contribution in [0.25, 0.3) is 10.9 Å². The SMILES string of the molecule is Cc1ccc2nc(C)c3c(c2c1)CC[C@]1(C[C@H]2C(=O)N[C@]4(C(=O)NS(=O)(=O)C5(C)CC5)CC[C@H]4/C=C\CCCCC[C@H](NC(=O)OC(C)C)C(=O)N2C1)O3. The summed E-state index contributed by atoms with van der Waals surface area (Å²) in [6.45, 7) is 9.06. The van der Waals surface area contributed by atoms with Gasteiger partial charge in [-0.05, 0) is 105 Å². The quantitative estimate of drug-likeness (QED) is 0.362. The average molecular weight is 764 g/mol. The number of benzene rings is 1. The van der Waals surface area contributed by atoms with E-state index < -0.39 is 73.8 Å². The highest BCUT2D eigenvalue weighted by molar-refractivity contribution is 7.91. The Balaban J connectivity index is 1.25. The van der Waals surface area contributed by atoms with Crippen molar-refractivity contribution in [2.75, 3.05) is 6.54 Å². The van der Waals surface area contributed by atoms with Gasteiger partial charge in [0.1, 0.15) is 29.0 Å². The fraction of sp³-hybridized carbons (Fsp3) is 0.625. The first-order chi connectivity index (χ1) is 25.6. The summed E-state index contributed by atoms with van der Waals surface area (Å²) in [6.07, 6.45) is 9.09. The Morgan fingerprint density at radius 3 is 2.56 bits per heavy atom. The summed E-state index contributed by atoms with van der Waals surface area (Å²) in [5.74, 6) is -1.56. The Morgan fingerprint density at radius 1 is 1.07 bits per heavy atom. The number of aromatic nitrogens is 1. The molecule has 13 nitrogen and oxygen atoms in total. The van der Waals surface area contributed by atoms with Crippen LogP contribution >= 0.6 is 0 Å². The molecule has 2 aliphatic carbocycles. The fourth-order valence-electron chi connectivity index (χ4n) is 8.57. The lowest BCUT2D eigenvalue weighted by Crippen LogP contribution is -2.70. The molecule has 3 N–H and O–H groups in total. The molecule has 4 amide bonds. The number of allylic oxidation sites excluding steroid dienone is 1. The number of ether oxygens (including phenoxy) is 2. The van der Waals surface area contributed by atoms with E-state index in [1.165, 1.54) is 4.90 Å². The van der Waals surface area contributed by atoms with Gasteiger partial charge in [0, 0.05) is 23.3 Å². The Kier molecular flexibility index (Phi) is 9.97. The van der Waals surface area contributed by atoms with Crippen molar-refractivity contribution >= 4 is 44.7 Å². The van der Waals surface area contributed by atoms with Gasteiger partial charge in [0.15, 0.2) is 0 Å². The van der Waals surface area contributed by atoms with Gasteiger partial charge >= 0.3 is 6.09 Å². The Labute approximate surface area is 317 Å². The second-order valence-electron chi connectivity index (χ2n) is 16.7. The van der Waals surface area contributed by atoms with Gasteiger partial charge in [-0.15, -0.1) is 0 Å². The zero-order valence-corrected chi connectivity index (χ0v) is 32.8. The molecule has 5 aliphatic rings. The van der Waals surface area contributed by atoms with Gasteiger partial charge in [0.25, 0.3) is 5.91 Å². The number of nitrogens with zero attached hydrogens (tertiary/aromatic N) is 2. The lowest BCUT2D eigenvalue weighted by molar-refractivity contribution is -0.144. The molecule has 0 unspecified atom stereocenters. The molecule has 1 aromatic heterocycles. The summed E-state index contributed by atoms with van der Waals surface area (Å²) in [5, 5.41) is 6.80. The van der Waals surface area contributed by atoms with E-state index in [4.69, 9.17) is 14.5 Å². The van der Waals surface area contributed by atoms with E-state index in [0.29, 0.717) is 62.8 Å². The second-order valence-corrected chi connectivity index (χ2v) is 18.9. The third-order valence-electron chi connectivity index (χ3n) is 12.2. The minimum atomic E-state index is -3.99. The van der Waals surface area contributed by atoms with Gasteiger partial charge in [-0.3, -0.25) is 19.1 Å². The van der Waals surface area contributed by atoms with Gasteiger partial charge in [-0.25, -0.2) is 18.2 Å². The van der Waals surface area contributed by atoms with Gasteiger partial charge in [-0.2, -0.15) is 0 Å². The van der Waals surface area contributed by atoms with Crippen molar-refractivity contribution in [2.24, 2.45) is 5.92 Å². The van der Waals surface area contributed by atoms with Crippen LogP contribution in [0.1, 0.15) is 108 Å². The summed E-state index contributed by atoms with van der Waals surface area (Å²) < 4.78 is 40.1. The smallest absolute Gasteiger partial charge is 0.408 e. The van der Waals surface area contributed by atoms with Crippen molar-refractivity contribution in [3.63, 3.8) is 0 Å². The number of rotatable bonds is 5. The van der Waals surface area contributed by atoms with Gasteiger partial charge in [0.05, 0.1) is 28.6 Å². The first kappa shape index (κ1) is 38.1. The maximum Gasteiger partial charge on any atom is 0.408 e. The van der Waals surface area contributed by atoms with Crippen LogP contribution in [-0.4, -0.2) is 82.7 Å². The number of hydrogen-bond acceptors (Lipinski definition) is 9. The predicted molar refractivity (Wildman–Crippen MR) is 202 cm³/mol. The summed E-state index contributed by atoms with van der Waals surface area (Å²) in [4.78, 5) is 62.8. The summed E-state index contributed by atoms with van der Waals surface area (Å²) in [5.41, 5.74) is 1.24. The Morgan fingerprint density at radius 2 is 1.85 bits per heavy atom. The molecule has 1 spiro atoms. The van der Waals surface area contributed by atoms with E-state index in [2.05, 4.69) is 21.4 Å². The van der Waals surface area contributed by atoms with E-state index in [9.17, 15) is 27.6 Å². The molecule has 2 saturated carbocycles. The molecule has 292 valence electrons. The summed E-state index contributed by atoms with van der Waals surface area (Å²) in [6, 6.07) is 4.09. The number of aryl methyl sites for hydroxylation is 3. The van der Waals surface area contributed by atoms with Crippen molar-refractivity contribution in [3.05, 3.63) is 47.2 Å².